The SMILES string of the molecule is O=[N+]([O-])c1cccc(-c2n[nH]c(C(F)(F)F)c2Cl)c1. The predicted octanol–water partition coefficient (Wildman–Crippen LogP) is 3.66. The van der Waals surface area contributed by atoms with Crippen molar-refractivity contribution in [3.05, 3.63) is 45.1 Å². The van der Waals surface area contributed by atoms with Gasteiger partial charge in [-0.15, -0.1) is 0 Å². The van der Waals surface area contributed by atoms with Crippen molar-refractivity contribution in [1.29, 1.82) is 0 Å². The van der Waals surface area contributed by atoms with E-state index >= 15 is 0 Å². The van der Waals surface area contributed by atoms with Crippen molar-refractivity contribution >= 4 is 17.3 Å². The summed E-state index contributed by atoms with van der Waals surface area (Å²) in [6.07, 6.45) is -4.66. The minimum atomic E-state index is -4.66. The van der Waals surface area contributed by atoms with E-state index in [2.05, 4.69) is 5.10 Å². The van der Waals surface area contributed by atoms with Crippen LogP contribution in [0.3, 0.4) is 0 Å². The molecule has 0 fully saturated rings. The monoisotopic (exact) mass is 291 g/mol. The normalized spacial score (nSPS) is 11.6. The number of benzene rings is 1. The van der Waals surface area contributed by atoms with Gasteiger partial charge in [0.05, 0.1) is 9.95 Å². The van der Waals surface area contributed by atoms with Gasteiger partial charge < -0.3 is 0 Å². The van der Waals surface area contributed by atoms with Crippen LogP contribution in [0.1, 0.15) is 5.69 Å². The number of hydrogen-bond donors (Lipinski definition) is 1. The second-order valence-electron chi connectivity index (χ2n) is 3.57. The molecule has 1 aromatic carbocycles. The van der Waals surface area contributed by atoms with Crippen LogP contribution in [0.2, 0.25) is 5.02 Å². The average Bonchev–Trinajstić information content (AvgIpc) is 2.71. The molecular weight excluding hydrogens is 287 g/mol. The van der Waals surface area contributed by atoms with E-state index in [4.69, 9.17) is 11.6 Å². The molecule has 0 unspecified atom stereocenters. The van der Waals surface area contributed by atoms with Crippen molar-refractivity contribution in [3.8, 4) is 11.3 Å². The third-order valence-electron chi connectivity index (χ3n) is 2.32. The third-order valence-corrected chi connectivity index (χ3v) is 2.69. The first kappa shape index (κ1) is 13.3. The Hall–Kier alpha value is -2.09. The van der Waals surface area contributed by atoms with Gasteiger partial charge in [-0.2, -0.15) is 18.3 Å². The zero-order valence-electron chi connectivity index (χ0n) is 9.03. The van der Waals surface area contributed by atoms with Crippen molar-refractivity contribution in [2.45, 2.75) is 6.18 Å². The molecule has 0 bridgehead atoms. The van der Waals surface area contributed by atoms with E-state index in [1.54, 1.807) is 5.10 Å². The Labute approximate surface area is 109 Å². The Morgan fingerprint density at radius 2 is 2.05 bits per heavy atom. The maximum atomic E-state index is 12.5. The number of nitrogens with one attached hydrogen (secondary N) is 1. The fraction of sp³-hybridized carbons (Fsp3) is 0.100. The number of H-pyrrole nitrogens is 1. The molecule has 1 N–H and O–H groups in total. The molecule has 0 saturated heterocycles. The van der Waals surface area contributed by atoms with Crippen LogP contribution in [-0.4, -0.2) is 15.1 Å². The highest BCUT2D eigenvalue weighted by Crippen LogP contribution is 2.38. The van der Waals surface area contributed by atoms with Gasteiger partial charge >= 0.3 is 6.18 Å². The molecule has 19 heavy (non-hydrogen) atoms. The van der Waals surface area contributed by atoms with Gasteiger partial charge in [0.15, 0.2) is 5.69 Å². The smallest absolute Gasteiger partial charge is 0.272 e. The Kier molecular flexibility index (Phi) is 3.19. The van der Waals surface area contributed by atoms with Crippen molar-refractivity contribution in [2.24, 2.45) is 0 Å². The van der Waals surface area contributed by atoms with Gasteiger partial charge in [0.25, 0.3) is 5.69 Å². The Morgan fingerprint density at radius 1 is 1.37 bits per heavy atom. The fourth-order valence-corrected chi connectivity index (χ4v) is 1.78. The van der Waals surface area contributed by atoms with Crippen molar-refractivity contribution in [3.63, 3.8) is 0 Å². The van der Waals surface area contributed by atoms with Crippen LogP contribution < -0.4 is 0 Å². The highest BCUT2D eigenvalue weighted by atomic mass is 35.5. The Bertz CT molecular complexity index is 639. The standard InChI is InChI=1S/C10H5ClF3N3O2/c11-7-8(15-16-9(7)10(12,13)14)5-2-1-3-6(4-5)17(18)19/h1-4H,(H,15,16). The first-order valence-electron chi connectivity index (χ1n) is 4.86. The van der Waals surface area contributed by atoms with E-state index in [1.165, 1.54) is 18.2 Å². The van der Waals surface area contributed by atoms with Crippen LogP contribution in [0.15, 0.2) is 24.3 Å². The maximum absolute atomic E-state index is 12.5. The molecular formula is C10H5ClF3N3O2. The van der Waals surface area contributed by atoms with E-state index in [0.717, 1.165) is 6.07 Å². The topological polar surface area (TPSA) is 71.8 Å². The van der Waals surface area contributed by atoms with Gasteiger partial charge in [-0.25, -0.2) is 0 Å². The number of alkyl halides is 3. The molecule has 2 rings (SSSR count). The number of aromatic nitrogens is 2. The van der Waals surface area contributed by atoms with Gasteiger partial charge in [-0.05, 0) is 0 Å². The van der Waals surface area contributed by atoms with Crippen molar-refractivity contribution < 1.29 is 18.1 Å². The number of nitro benzene ring substituents is 1. The van der Waals surface area contributed by atoms with Gasteiger partial charge in [0.1, 0.15) is 5.69 Å². The van der Waals surface area contributed by atoms with Crippen LogP contribution >= 0.6 is 11.6 Å². The van der Waals surface area contributed by atoms with E-state index in [-0.39, 0.29) is 16.9 Å². The predicted molar refractivity (Wildman–Crippen MR) is 60.7 cm³/mol. The lowest BCUT2D eigenvalue weighted by Gasteiger charge is -2.03. The van der Waals surface area contributed by atoms with Gasteiger partial charge in [0.2, 0.25) is 0 Å². The maximum Gasteiger partial charge on any atom is 0.434 e. The number of hydrogen-bond acceptors (Lipinski definition) is 3. The van der Waals surface area contributed by atoms with E-state index in [0.29, 0.717) is 0 Å². The fourth-order valence-electron chi connectivity index (χ4n) is 1.47. The zero-order valence-corrected chi connectivity index (χ0v) is 9.79. The molecule has 5 nitrogen and oxygen atoms in total. The molecule has 0 saturated carbocycles. The van der Waals surface area contributed by atoms with Crippen LogP contribution in [-0.2, 0) is 6.18 Å². The number of nitro groups is 1. The van der Waals surface area contributed by atoms with Crippen molar-refractivity contribution in [1.82, 2.24) is 10.2 Å². The minimum Gasteiger partial charge on any atom is -0.272 e. The highest BCUT2D eigenvalue weighted by Gasteiger charge is 2.37. The molecule has 2 aromatic rings. The molecule has 0 radical (unpaired) electrons. The van der Waals surface area contributed by atoms with E-state index in [1.807, 2.05) is 0 Å². The summed E-state index contributed by atoms with van der Waals surface area (Å²) in [6, 6.07) is 5.04. The summed E-state index contributed by atoms with van der Waals surface area (Å²) in [6.45, 7) is 0. The number of rotatable bonds is 2. The van der Waals surface area contributed by atoms with Gasteiger partial charge in [-0.1, -0.05) is 23.7 Å². The van der Waals surface area contributed by atoms with Crippen LogP contribution in [0.5, 0.6) is 0 Å². The second-order valence-corrected chi connectivity index (χ2v) is 3.94. The van der Waals surface area contributed by atoms with Crippen molar-refractivity contribution in [2.75, 3.05) is 0 Å². The Morgan fingerprint density at radius 3 is 2.58 bits per heavy atom. The van der Waals surface area contributed by atoms with Crippen LogP contribution in [0, 0.1) is 10.1 Å². The lowest BCUT2D eigenvalue weighted by Crippen LogP contribution is -2.05. The quantitative estimate of drug-likeness (QED) is 0.678. The molecule has 0 amide bonds. The summed E-state index contributed by atoms with van der Waals surface area (Å²) in [4.78, 5) is 9.94. The summed E-state index contributed by atoms with van der Waals surface area (Å²) in [7, 11) is 0. The zero-order chi connectivity index (χ0) is 14.2. The van der Waals surface area contributed by atoms with E-state index < -0.39 is 21.8 Å². The molecule has 0 aliphatic heterocycles. The lowest BCUT2D eigenvalue weighted by atomic mass is 10.1. The molecule has 0 spiro atoms. The molecule has 100 valence electrons. The lowest BCUT2D eigenvalue weighted by molar-refractivity contribution is -0.384. The first-order chi connectivity index (χ1) is 8.80. The summed E-state index contributed by atoms with van der Waals surface area (Å²) in [5, 5.41) is 15.2. The Balaban J connectivity index is 2.52. The summed E-state index contributed by atoms with van der Waals surface area (Å²) in [5.74, 6) is 0. The second kappa shape index (κ2) is 4.54. The third kappa shape index (κ3) is 2.53. The molecule has 9 heteroatoms. The van der Waals surface area contributed by atoms with Gasteiger partial charge in [-0.3, -0.25) is 15.2 Å². The van der Waals surface area contributed by atoms with Crippen LogP contribution in [0.25, 0.3) is 11.3 Å². The van der Waals surface area contributed by atoms with Gasteiger partial charge in [0, 0.05) is 17.7 Å². The highest BCUT2D eigenvalue weighted by molar-refractivity contribution is 6.33. The summed E-state index contributed by atoms with van der Waals surface area (Å²) >= 11 is 5.59. The number of nitrogens with zero attached hydrogens (tertiary/aromatic N) is 2. The number of non-ortho nitro benzene ring substituents is 1. The molecule has 0 atom stereocenters. The summed E-state index contributed by atoms with van der Waals surface area (Å²) < 4.78 is 37.6. The number of halogens is 4. The first-order valence-corrected chi connectivity index (χ1v) is 5.24. The minimum absolute atomic E-state index is 0.131. The molecule has 1 aromatic heterocycles. The van der Waals surface area contributed by atoms with E-state index in [9.17, 15) is 23.3 Å². The summed E-state index contributed by atoms with van der Waals surface area (Å²) in [5.41, 5.74) is -1.50. The largest absolute Gasteiger partial charge is 0.434 e. The average molecular weight is 292 g/mol. The number of aromatic amines is 1. The molecule has 0 aliphatic carbocycles. The molecule has 0 aliphatic rings. The van der Waals surface area contributed by atoms with Crippen LogP contribution in [0.4, 0.5) is 18.9 Å². The molecule has 1 heterocycles.